The Labute approximate surface area is 166 Å². The highest BCUT2D eigenvalue weighted by atomic mass is 16.3. The summed E-state index contributed by atoms with van der Waals surface area (Å²) < 4.78 is 1.96. The molecule has 1 atom stereocenters. The third-order valence-corrected chi connectivity index (χ3v) is 5.00. The third-order valence-electron chi connectivity index (χ3n) is 5.00. The summed E-state index contributed by atoms with van der Waals surface area (Å²) in [6.45, 7) is 9.33. The van der Waals surface area contributed by atoms with E-state index < -0.39 is 0 Å². The lowest BCUT2D eigenvalue weighted by atomic mass is 9.97. The quantitative estimate of drug-likeness (QED) is 0.696. The van der Waals surface area contributed by atoms with Gasteiger partial charge in [-0.05, 0) is 69.2 Å². The van der Waals surface area contributed by atoms with Crippen LogP contribution >= 0.6 is 0 Å². The van der Waals surface area contributed by atoms with Gasteiger partial charge in [-0.2, -0.15) is 5.10 Å². The SMILES string of the molecule is CCN(CC)C(=O)c1ccc(C(c2cccc(O)c2)n2nc(C)cc2C)cc1. The van der Waals surface area contributed by atoms with Crippen LogP contribution in [0.25, 0.3) is 0 Å². The zero-order valence-electron chi connectivity index (χ0n) is 16.9. The summed E-state index contributed by atoms with van der Waals surface area (Å²) >= 11 is 0. The van der Waals surface area contributed by atoms with Crippen LogP contribution in [-0.4, -0.2) is 38.8 Å². The highest BCUT2D eigenvalue weighted by Crippen LogP contribution is 2.30. The van der Waals surface area contributed by atoms with Crippen LogP contribution in [0.1, 0.15) is 52.8 Å². The fraction of sp³-hybridized carbons (Fsp3) is 0.304. The van der Waals surface area contributed by atoms with Crippen molar-refractivity contribution in [3.05, 3.63) is 82.7 Å². The van der Waals surface area contributed by atoms with Crippen LogP contribution in [0.3, 0.4) is 0 Å². The molecule has 1 N–H and O–H groups in total. The minimum absolute atomic E-state index is 0.0385. The molecule has 0 saturated heterocycles. The predicted molar refractivity (Wildman–Crippen MR) is 111 cm³/mol. The number of hydrogen-bond acceptors (Lipinski definition) is 3. The van der Waals surface area contributed by atoms with E-state index in [1.165, 1.54) is 0 Å². The molecule has 3 aromatic rings. The molecule has 0 spiro atoms. The molecule has 0 fully saturated rings. The van der Waals surface area contributed by atoms with Gasteiger partial charge in [0.15, 0.2) is 0 Å². The van der Waals surface area contributed by atoms with Gasteiger partial charge in [-0.15, -0.1) is 0 Å². The zero-order chi connectivity index (χ0) is 20.3. The topological polar surface area (TPSA) is 58.4 Å². The molecule has 0 aliphatic rings. The third kappa shape index (κ3) is 3.93. The van der Waals surface area contributed by atoms with Crippen molar-refractivity contribution >= 4 is 5.91 Å². The normalized spacial score (nSPS) is 12.0. The Bertz CT molecular complexity index is 956. The molecule has 1 heterocycles. The molecule has 146 valence electrons. The second kappa shape index (κ2) is 8.30. The lowest BCUT2D eigenvalue weighted by Gasteiger charge is -2.22. The molecule has 0 radical (unpaired) electrons. The van der Waals surface area contributed by atoms with Crippen molar-refractivity contribution in [1.82, 2.24) is 14.7 Å². The van der Waals surface area contributed by atoms with Crippen molar-refractivity contribution in [3.63, 3.8) is 0 Å². The van der Waals surface area contributed by atoms with Gasteiger partial charge in [0.1, 0.15) is 11.8 Å². The molecule has 0 aliphatic carbocycles. The van der Waals surface area contributed by atoms with Crippen LogP contribution in [-0.2, 0) is 0 Å². The Kier molecular flexibility index (Phi) is 5.83. The lowest BCUT2D eigenvalue weighted by molar-refractivity contribution is 0.0773. The second-order valence-electron chi connectivity index (χ2n) is 6.97. The van der Waals surface area contributed by atoms with Crippen molar-refractivity contribution in [1.29, 1.82) is 0 Å². The number of carbonyl (C=O) groups excluding carboxylic acids is 1. The van der Waals surface area contributed by atoms with Gasteiger partial charge in [0.25, 0.3) is 5.91 Å². The Morgan fingerprint density at radius 2 is 1.71 bits per heavy atom. The van der Waals surface area contributed by atoms with Gasteiger partial charge in [0.05, 0.1) is 5.69 Å². The molecule has 1 aromatic heterocycles. The van der Waals surface area contributed by atoms with Gasteiger partial charge in [-0.25, -0.2) is 0 Å². The zero-order valence-corrected chi connectivity index (χ0v) is 16.9. The fourth-order valence-corrected chi connectivity index (χ4v) is 3.58. The van der Waals surface area contributed by atoms with Gasteiger partial charge in [-0.1, -0.05) is 24.3 Å². The summed E-state index contributed by atoms with van der Waals surface area (Å²) in [7, 11) is 0. The molecule has 3 rings (SSSR count). The smallest absolute Gasteiger partial charge is 0.253 e. The molecule has 2 aromatic carbocycles. The first-order chi connectivity index (χ1) is 13.4. The fourth-order valence-electron chi connectivity index (χ4n) is 3.58. The first-order valence-corrected chi connectivity index (χ1v) is 9.65. The number of benzene rings is 2. The maximum absolute atomic E-state index is 12.6. The molecule has 0 bridgehead atoms. The summed E-state index contributed by atoms with van der Waals surface area (Å²) in [4.78, 5) is 14.4. The van der Waals surface area contributed by atoms with E-state index in [1.807, 2.05) is 79.7 Å². The van der Waals surface area contributed by atoms with Crippen LogP contribution in [0.4, 0.5) is 0 Å². The van der Waals surface area contributed by atoms with Crippen molar-refractivity contribution in [2.24, 2.45) is 0 Å². The monoisotopic (exact) mass is 377 g/mol. The standard InChI is InChI=1S/C23H27N3O2/c1-5-25(6-2)23(28)19-12-10-18(11-13-19)22(20-8-7-9-21(27)15-20)26-17(4)14-16(3)24-26/h7-15,22,27H,5-6H2,1-4H3. The Morgan fingerprint density at radius 3 is 2.25 bits per heavy atom. The average molecular weight is 377 g/mol. The molecule has 28 heavy (non-hydrogen) atoms. The number of nitrogens with zero attached hydrogens (tertiary/aromatic N) is 3. The molecule has 1 amide bonds. The maximum atomic E-state index is 12.6. The molecule has 0 aliphatic heterocycles. The molecular weight excluding hydrogens is 350 g/mol. The minimum atomic E-state index is -0.182. The van der Waals surface area contributed by atoms with Gasteiger partial charge in [0.2, 0.25) is 0 Å². The number of carbonyl (C=O) groups is 1. The highest BCUT2D eigenvalue weighted by molar-refractivity contribution is 5.94. The van der Waals surface area contributed by atoms with Crippen LogP contribution < -0.4 is 0 Å². The first kappa shape index (κ1) is 19.7. The maximum Gasteiger partial charge on any atom is 0.253 e. The van der Waals surface area contributed by atoms with Gasteiger partial charge in [0, 0.05) is 24.3 Å². The summed E-state index contributed by atoms with van der Waals surface area (Å²) in [5.74, 6) is 0.258. The summed E-state index contributed by atoms with van der Waals surface area (Å²) in [6, 6.07) is 16.8. The van der Waals surface area contributed by atoms with E-state index in [0.29, 0.717) is 18.7 Å². The van der Waals surface area contributed by atoms with E-state index in [0.717, 1.165) is 22.5 Å². The molecule has 1 unspecified atom stereocenters. The highest BCUT2D eigenvalue weighted by Gasteiger charge is 2.21. The van der Waals surface area contributed by atoms with Gasteiger partial charge < -0.3 is 10.0 Å². The van der Waals surface area contributed by atoms with E-state index >= 15 is 0 Å². The Balaban J connectivity index is 2.04. The molecule has 5 heteroatoms. The minimum Gasteiger partial charge on any atom is -0.508 e. The molecule has 0 saturated carbocycles. The van der Waals surface area contributed by atoms with Crippen molar-refractivity contribution < 1.29 is 9.90 Å². The van der Waals surface area contributed by atoms with E-state index in [1.54, 1.807) is 12.1 Å². The summed E-state index contributed by atoms with van der Waals surface area (Å²) in [6.07, 6.45) is 0. The molecular formula is C23H27N3O2. The number of hydrogen-bond donors (Lipinski definition) is 1. The van der Waals surface area contributed by atoms with E-state index in [2.05, 4.69) is 5.10 Å². The van der Waals surface area contributed by atoms with Gasteiger partial charge >= 0.3 is 0 Å². The van der Waals surface area contributed by atoms with E-state index in [4.69, 9.17) is 0 Å². The largest absolute Gasteiger partial charge is 0.508 e. The lowest BCUT2D eigenvalue weighted by Crippen LogP contribution is -2.30. The van der Waals surface area contributed by atoms with E-state index in [9.17, 15) is 9.90 Å². The van der Waals surface area contributed by atoms with E-state index in [-0.39, 0.29) is 17.7 Å². The number of aromatic hydroxyl groups is 1. The predicted octanol–water partition coefficient (Wildman–Crippen LogP) is 4.33. The number of amides is 1. The van der Waals surface area contributed by atoms with Crippen molar-refractivity contribution in [2.45, 2.75) is 33.7 Å². The number of rotatable bonds is 6. The Hall–Kier alpha value is -3.08. The molecule has 5 nitrogen and oxygen atoms in total. The number of aryl methyl sites for hydroxylation is 2. The van der Waals surface area contributed by atoms with Crippen molar-refractivity contribution in [3.8, 4) is 5.75 Å². The number of aromatic nitrogens is 2. The Morgan fingerprint density at radius 1 is 1.04 bits per heavy atom. The van der Waals surface area contributed by atoms with Gasteiger partial charge in [-0.3, -0.25) is 9.48 Å². The number of phenolic OH excluding ortho intramolecular Hbond substituents is 1. The van der Waals surface area contributed by atoms with Crippen LogP contribution in [0.2, 0.25) is 0 Å². The van der Waals surface area contributed by atoms with Crippen molar-refractivity contribution in [2.75, 3.05) is 13.1 Å². The second-order valence-corrected chi connectivity index (χ2v) is 6.97. The summed E-state index contributed by atoms with van der Waals surface area (Å²) in [5.41, 5.74) is 4.60. The summed E-state index contributed by atoms with van der Waals surface area (Å²) in [5, 5.41) is 14.6. The van der Waals surface area contributed by atoms with Crippen LogP contribution in [0.5, 0.6) is 5.75 Å². The first-order valence-electron chi connectivity index (χ1n) is 9.65. The van der Waals surface area contributed by atoms with Crippen LogP contribution in [0.15, 0.2) is 54.6 Å². The van der Waals surface area contributed by atoms with Crippen LogP contribution in [0, 0.1) is 13.8 Å². The average Bonchev–Trinajstić information content (AvgIpc) is 3.01. The number of phenols is 1.